The van der Waals surface area contributed by atoms with Crippen molar-refractivity contribution in [2.45, 2.75) is 37.5 Å². The topological polar surface area (TPSA) is 77.9 Å². The summed E-state index contributed by atoms with van der Waals surface area (Å²) in [6, 6.07) is 9.77. The minimum Gasteiger partial charge on any atom is -0.481 e. The van der Waals surface area contributed by atoms with Crippen LogP contribution in [0.3, 0.4) is 0 Å². The maximum absolute atomic E-state index is 13.1. The first kappa shape index (κ1) is 18.4. The Labute approximate surface area is 153 Å². The highest BCUT2D eigenvalue weighted by Gasteiger charge is 2.47. The van der Waals surface area contributed by atoms with E-state index in [-0.39, 0.29) is 24.9 Å². The number of piperidine rings is 1. The summed E-state index contributed by atoms with van der Waals surface area (Å²) in [6.45, 7) is 0.800. The van der Waals surface area contributed by atoms with Crippen molar-refractivity contribution in [3.05, 3.63) is 35.9 Å². The number of benzene rings is 1. The van der Waals surface area contributed by atoms with Crippen molar-refractivity contribution in [2.75, 3.05) is 26.7 Å². The Morgan fingerprint density at radius 3 is 2.46 bits per heavy atom. The molecule has 2 aliphatic rings. The average Bonchev–Trinajstić information content (AvgIpc) is 2.61. The van der Waals surface area contributed by atoms with Crippen molar-refractivity contribution in [1.29, 1.82) is 0 Å². The van der Waals surface area contributed by atoms with Gasteiger partial charge < -0.3 is 14.9 Å². The second-order valence-electron chi connectivity index (χ2n) is 7.48. The molecular weight excluding hydrogens is 332 g/mol. The first-order valence-electron chi connectivity index (χ1n) is 9.26. The monoisotopic (exact) mass is 358 g/mol. The van der Waals surface area contributed by atoms with Gasteiger partial charge in [0, 0.05) is 20.1 Å². The van der Waals surface area contributed by atoms with Crippen LogP contribution < -0.4 is 0 Å². The molecule has 2 amide bonds. The van der Waals surface area contributed by atoms with Crippen LogP contribution in [0.4, 0.5) is 0 Å². The van der Waals surface area contributed by atoms with Gasteiger partial charge >= 0.3 is 5.97 Å². The molecule has 1 aliphatic heterocycles. The van der Waals surface area contributed by atoms with Gasteiger partial charge in [-0.05, 0) is 31.2 Å². The van der Waals surface area contributed by atoms with Crippen LogP contribution in [0.5, 0.6) is 0 Å². The summed E-state index contributed by atoms with van der Waals surface area (Å²) in [7, 11) is 1.67. The van der Waals surface area contributed by atoms with Crippen LogP contribution in [-0.2, 0) is 19.8 Å². The third kappa shape index (κ3) is 3.45. The second kappa shape index (κ2) is 7.48. The molecule has 1 N–H and O–H groups in total. The molecular formula is C20H26N2O4. The number of hydrogen-bond acceptors (Lipinski definition) is 3. The van der Waals surface area contributed by atoms with Crippen molar-refractivity contribution in [3.8, 4) is 0 Å². The number of likely N-dealkylation sites (N-methyl/N-ethyl adjacent to an activating group) is 1. The molecule has 26 heavy (non-hydrogen) atoms. The SMILES string of the molecule is CN(CC(=O)N1CCCC(C(=O)O)C1)C(=O)C1(c2ccccc2)CCC1. The largest absolute Gasteiger partial charge is 0.481 e. The standard InChI is InChI=1S/C20H26N2O4/c1-21(14-17(23)22-12-5-7-15(13-22)18(24)25)19(26)20(10-6-11-20)16-8-3-2-4-9-16/h2-4,8-9,15H,5-7,10-14H2,1H3,(H,24,25). The average molecular weight is 358 g/mol. The third-order valence-corrected chi connectivity index (χ3v) is 5.79. The molecule has 6 heteroatoms. The number of carbonyl (C=O) groups excluding carboxylic acids is 2. The quantitative estimate of drug-likeness (QED) is 0.872. The summed E-state index contributed by atoms with van der Waals surface area (Å²) in [4.78, 5) is 40.0. The van der Waals surface area contributed by atoms with Gasteiger partial charge in [-0.15, -0.1) is 0 Å². The maximum Gasteiger partial charge on any atom is 0.308 e. The van der Waals surface area contributed by atoms with Crippen LogP contribution >= 0.6 is 0 Å². The number of rotatable bonds is 5. The van der Waals surface area contributed by atoms with Crippen LogP contribution in [-0.4, -0.2) is 59.4 Å². The summed E-state index contributed by atoms with van der Waals surface area (Å²) >= 11 is 0. The fraction of sp³-hybridized carbons (Fsp3) is 0.550. The van der Waals surface area contributed by atoms with Crippen molar-refractivity contribution in [3.63, 3.8) is 0 Å². The maximum atomic E-state index is 13.1. The van der Waals surface area contributed by atoms with Crippen molar-refractivity contribution < 1.29 is 19.5 Å². The minimum atomic E-state index is -0.857. The number of hydrogen-bond donors (Lipinski definition) is 1. The molecule has 0 radical (unpaired) electrons. The summed E-state index contributed by atoms with van der Waals surface area (Å²) in [5, 5.41) is 9.18. The second-order valence-corrected chi connectivity index (χ2v) is 7.48. The lowest BCUT2D eigenvalue weighted by Gasteiger charge is -2.43. The lowest BCUT2D eigenvalue weighted by Crippen LogP contribution is -2.53. The zero-order chi connectivity index (χ0) is 18.7. The zero-order valence-electron chi connectivity index (χ0n) is 15.2. The Morgan fingerprint density at radius 2 is 1.88 bits per heavy atom. The first-order valence-corrected chi connectivity index (χ1v) is 9.26. The number of likely N-dealkylation sites (tertiary alicyclic amines) is 1. The Kier molecular flexibility index (Phi) is 5.30. The predicted molar refractivity (Wildman–Crippen MR) is 96.5 cm³/mol. The van der Waals surface area contributed by atoms with Crippen LogP contribution in [0.1, 0.15) is 37.7 Å². The molecule has 0 aromatic heterocycles. The molecule has 2 fully saturated rings. The van der Waals surface area contributed by atoms with Gasteiger partial charge in [-0.3, -0.25) is 14.4 Å². The summed E-state index contributed by atoms with van der Waals surface area (Å²) in [6.07, 6.45) is 3.91. The molecule has 1 aliphatic carbocycles. The van der Waals surface area contributed by atoms with Gasteiger partial charge in [-0.1, -0.05) is 36.8 Å². The number of aliphatic carboxylic acids is 1. The smallest absolute Gasteiger partial charge is 0.308 e. The van der Waals surface area contributed by atoms with Gasteiger partial charge in [0.1, 0.15) is 0 Å². The lowest BCUT2D eigenvalue weighted by molar-refractivity contribution is -0.149. The first-order chi connectivity index (χ1) is 12.4. The van der Waals surface area contributed by atoms with Gasteiger partial charge in [0.25, 0.3) is 0 Å². The van der Waals surface area contributed by atoms with Crippen LogP contribution in [0.2, 0.25) is 0 Å². The fourth-order valence-corrected chi connectivity index (χ4v) is 4.06. The minimum absolute atomic E-state index is 0.000242. The molecule has 1 atom stereocenters. The van der Waals surface area contributed by atoms with Crippen LogP contribution in [0.15, 0.2) is 30.3 Å². The number of carboxylic acids is 1. The molecule has 0 spiro atoms. The van der Waals surface area contributed by atoms with E-state index in [2.05, 4.69) is 0 Å². The van der Waals surface area contributed by atoms with E-state index >= 15 is 0 Å². The molecule has 3 rings (SSSR count). The summed E-state index contributed by atoms with van der Waals surface area (Å²) in [5.74, 6) is -1.55. The molecule has 1 unspecified atom stereocenters. The van der Waals surface area contributed by atoms with Gasteiger partial charge in [-0.25, -0.2) is 0 Å². The molecule has 6 nitrogen and oxygen atoms in total. The van der Waals surface area contributed by atoms with E-state index in [1.807, 2.05) is 30.3 Å². The molecule has 1 saturated heterocycles. The molecule has 1 heterocycles. The highest BCUT2D eigenvalue weighted by Crippen LogP contribution is 2.45. The molecule has 1 aromatic carbocycles. The van der Waals surface area contributed by atoms with Gasteiger partial charge in [-0.2, -0.15) is 0 Å². The van der Waals surface area contributed by atoms with Crippen LogP contribution in [0, 0.1) is 5.92 Å². The Hall–Kier alpha value is -2.37. The highest BCUT2D eigenvalue weighted by molar-refractivity contribution is 5.92. The van der Waals surface area contributed by atoms with Gasteiger partial charge in [0.15, 0.2) is 0 Å². The Balaban J connectivity index is 1.65. The van der Waals surface area contributed by atoms with Crippen molar-refractivity contribution >= 4 is 17.8 Å². The Bertz CT molecular complexity index is 684. The zero-order valence-corrected chi connectivity index (χ0v) is 15.2. The predicted octanol–water partition coefficient (Wildman–Crippen LogP) is 1.89. The van der Waals surface area contributed by atoms with E-state index in [0.29, 0.717) is 19.4 Å². The Morgan fingerprint density at radius 1 is 1.19 bits per heavy atom. The van der Waals surface area contributed by atoms with Gasteiger partial charge in [0.05, 0.1) is 17.9 Å². The number of nitrogens with zero attached hydrogens (tertiary/aromatic N) is 2. The number of carbonyl (C=O) groups is 3. The molecule has 1 aromatic rings. The van der Waals surface area contributed by atoms with E-state index in [0.717, 1.165) is 24.8 Å². The molecule has 0 bridgehead atoms. The van der Waals surface area contributed by atoms with Crippen molar-refractivity contribution in [1.82, 2.24) is 9.80 Å². The van der Waals surface area contributed by atoms with E-state index in [4.69, 9.17) is 0 Å². The number of carboxylic acid groups (broad SMARTS) is 1. The molecule has 140 valence electrons. The van der Waals surface area contributed by atoms with Gasteiger partial charge in [0.2, 0.25) is 11.8 Å². The van der Waals surface area contributed by atoms with E-state index < -0.39 is 17.3 Å². The fourth-order valence-electron chi connectivity index (χ4n) is 4.06. The van der Waals surface area contributed by atoms with Crippen LogP contribution in [0.25, 0.3) is 0 Å². The normalized spacial score (nSPS) is 21.6. The molecule has 1 saturated carbocycles. The lowest BCUT2D eigenvalue weighted by atomic mass is 9.63. The summed E-state index contributed by atoms with van der Waals surface area (Å²) < 4.78 is 0. The van der Waals surface area contributed by atoms with E-state index in [1.165, 1.54) is 4.90 Å². The highest BCUT2D eigenvalue weighted by atomic mass is 16.4. The summed E-state index contributed by atoms with van der Waals surface area (Å²) in [5.41, 5.74) is 0.501. The number of amides is 2. The van der Waals surface area contributed by atoms with E-state index in [1.54, 1.807) is 11.9 Å². The van der Waals surface area contributed by atoms with Crippen molar-refractivity contribution in [2.24, 2.45) is 5.92 Å². The third-order valence-electron chi connectivity index (χ3n) is 5.79. The van der Waals surface area contributed by atoms with E-state index in [9.17, 15) is 19.5 Å².